The first kappa shape index (κ1) is 14.9. The number of nitrogens with zero attached hydrogens (tertiary/aromatic N) is 1. The molecule has 1 heterocycles. The van der Waals surface area contributed by atoms with Crippen LogP contribution >= 0.6 is 15.9 Å². The number of anilines is 1. The maximum Gasteiger partial charge on any atom is 0.123 e. The molecule has 2 rings (SSSR count). The zero-order valence-electron chi connectivity index (χ0n) is 11.2. The molecule has 0 saturated heterocycles. The fourth-order valence-corrected chi connectivity index (χ4v) is 2.67. The molecule has 5 heteroatoms. The number of halogens is 2. The Bertz CT molecular complexity index is 589. The second-order valence-corrected chi connectivity index (χ2v) is 5.41. The van der Waals surface area contributed by atoms with Gasteiger partial charge < -0.3 is 11.1 Å². The van der Waals surface area contributed by atoms with Gasteiger partial charge in [0, 0.05) is 28.6 Å². The molecular formula is C15H17BrFN3. The van der Waals surface area contributed by atoms with Gasteiger partial charge in [-0.1, -0.05) is 22.9 Å². The van der Waals surface area contributed by atoms with E-state index in [9.17, 15) is 4.39 Å². The van der Waals surface area contributed by atoms with Gasteiger partial charge in [-0.2, -0.15) is 0 Å². The highest BCUT2D eigenvalue weighted by Gasteiger charge is 2.16. The molecule has 3 N–H and O–H groups in total. The van der Waals surface area contributed by atoms with E-state index in [-0.39, 0.29) is 11.9 Å². The predicted molar refractivity (Wildman–Crippen MR) is 82.9 cm³/mol. The van der Waals surface area contributed by atoms with E-state index in [0.29, 0.717) is 12.1 Å². The number of nitrogens with two attached hydrogens (primary N) is 1. The van der Waals surface area contributed by atoms with E-state index >= 15 is 0 Å². The third-order valence-electron chi connectivity index (χ3n) is 3.15. The molecular weight excluding hydrogens is 321 g/mol. The van der Waals surface area contributed by atoms with Crippen LogP contribution in [0.4, 0.5) is 10.1 Å². The molecule has 2 aromatic rings. The van der Waals surface area contributed by atoms with Gasteiger partial charge in [0.2, 0.25) is 0 Å². The minimum absolute atomic E-state index is 0.0171. The van der Waals surface area contributed by atoms with Crippen molar-refractivity contribution >= 4 is 21.6 Å². The Kier molecular flexibility index (Phi) is 5.09. The predicted octanol–water partition coefficient (Wildman–Crippen LogP) is 3.46. The summed E-state index contributed by atoms with van der Waals surface area (Å²) in [6.07, 6.45) is 4.08. The van der Waals surface area contributed by atoms with Gasteiger partial charge >= 0.3 is 0 Å². The number of pyridine rings is 1. The Morgan fingerprint density at radius 3 is 2.90 bits per heavy atom. The normalized spacial score (nSPS) is 12.3. The molecule has 1 unspecified atom stereocenters. The van der Waals surface area contributed by atoms with Crippen molar-refractivity contribution in [2.24, 2.45) is 0 Å². The van der Waals surface area contributed by atoms with E-state index in [4.69, 9.17) is 5.73 Å². The Labute approximate surface area is 126 Å². The zero-order valence-corrected chi connectivity index (χ0v) is 12.8. The third-order valence-corrected chi connectivity index (χ3v) is 3.87. The molecule has 20 heavy (non-hydrogen) atoms. The Morgan fingerprint density at radius 1 is 1.40 bits per heavy atom. The van der Waals surface area contributed by atoms with Crippen molar-refractivity contribution in [3.05, 3.63) is 58.1 Å². The highest BCUT2D eigenvalue weighted by atomic mass is 79.9. The standard InChI is InChI=1S/C15H17BrFN3/c1-2-20-15(7-10-9-19-6-5-14(10)18)12-8-11(17)3-4-13(12)16/h3-6,8-9,15,20H,2,7H2,1H3,(H2,18,19). The van der Waals surface area contributed by atoms with Crippen molar-refractivity contribution in [1.82, 2.24) is 10.3 Å². The molecule has 0 fully saturated rings. The molecule has 0 aliphatic rings. The monoisotopic (exact) mass is 337 g/mol. The summed E-state index contributed by atoms with van der Waals surface area (Å²) in [6, 6.07) is 6.47. The van der Waals surface area contributed by atoms with Crippen molar-refractivity contribution < 1.29 is 4.39 Å². The number of hydrogen-bond acceptors (Lipinski definition) is 3. The molecule has 0 bridgehead atoms. The first-order valence-electron chi connectivity index (χ1n) is 6.48. The average molecular weight is 338 g/mol. The fraction of sp³-hybridized carbons (Fsp3) is 0.267. The van der Waals surface area contributed by atoms with Crippen LogP contribution in [0.15, 0.2) is 41.1 Å². The van der Waals surface area contributed by atoms with Gasteiger partial charge in [0.25, 0.3) is 0 Å². The largest absolute Gasteiger partial charge is 0.398 e. The Balaban J connectivity index is 2.32. The molecule has 3 nitrogen and oxygen atoms in total. The maximum atomic E-state index is 13.5. The number of nitrogens with one attached hydrogen (secondary N) is 1. The molecule has 1 aromatic carbocycles. The van der Waals surface area contributed by atoms with Gasteiger partial charge in [-0.15, -0.1) is 0 Å². The fourth-order valence-electron chi connectivity index (χ4n) is 2.15. The van der Waals surface area contributed by atoms with Crippen molar-refractivity contribution in [2.75, 3.05) is 12.3 Å². The lowest BCUT2D eigenvalue weighted by Gasteiger charge is -2.20. The summed E-state index contributed by atoms with van der Waals surface area (Å²) in [6.45, 7) is 2.81. The summed E-state index contributed by atoms with van der Waals surface area (Å²) in [4.78, 5) is 4.10. The molecule has 106 valence electrons. The van der Waals surface area contributed by atoms with Gasteiger partial charge in [0.1, 0.15) is 5.82 Å². The van der Waals surface area contributed by atoms with E-state index in [2.05, 4.69) is 26.2 Å². The van der Waals surface area contributed by atoms with Crippen LogP contribution < -0.4 is 11.1 Å². The SMILES string of the molecule is CCNC(Cc1cnccc1N)c1cc(F)ccc1Br. The summed E-state index contributed by atoms with van der Waals surface area (Å²) in [5, 5.41) is 3.36. The van der Waals surface area contributed by atoms with Crippen LogP contribution in [0.1, 0.15) is 24.1 Å². The van der Waals surface area contributed by atoms with Gasteiger partial charge in [-0.3, -0.25) is 4.98 Å². The van der Waals surface area contributed by atoms with Crippen molar-refractivity contribution in [1.29, 1.82) is 0 Å². The molecule has 0 aliphatic heterocycles. The second kappa shape index (κ2) is 6.81. The van der Waals surface area contributed by atoms with E-state index in [0.717, 1.165) is 22.1 Å². The number of likely N-dealkylation sites (N-methyl/N-ethyl adjacent to an activating group) is 1. The van der Waals surface area contributed by atoms with E-state index in [1.54, 1.807) is 30.6 Å². The van der Waals surface area contributed by atoms with Crippen molar-refractivity contribution in [3.8, 4) is 0 Å². The molecule has 1 atom stereocenters. The number of hydrogen-bond donors (Lipinski definition) is 2. The van der Waals surface area contributed by atoms with Gasteiger partial charge in [-0.25, -0.2) is 4.39 Å². The molecule has 0 amide bonds. The van der Waals surface area contributed by atoms with Crippen LogP contribution in [0.3, 0.4) is 0 Å². The molecule has 0 aliphatic carbocycles. The topological polar surface area (TPSA) is 50.9 Å². The number of nitrogen functional groups attached to an aromatic ring is 1. The van der Waals surface area contributed by atoms with E-state index < -0.39 is 0 Å². The Hall–Kier alpha value is -1.46. The second-order valence-electron chi connectivity index (χ2n) is 4.55. The highest BCUT2D eigenvalue weighted by molar-refractivity contribution is 9.10. The van der Waals surface area contributed by atoms with Crippen LogP contribution in [0.5, 0.6) is 0 Å². The number of rotatable bonds is 5. The van der Waals surface area contributed by atoms with Crippen molar-refractivity contribution in [2.45, 2.75) is 19.4 Å². The molecule has 0 saturated carbocycles. The lowest BCUT2D eigenvalue weighted by atomic mass is 9.99. The molecule has 0 spiro atoms. The van der Waals surface area contributed by atoms with Crippen LogP contribution in [0.25, 0.3) is 0 Å². The number of benzene rings is 1. The summed E-state index contributed by atoms with van der Waals surface area (Å²) in [5.74, 6) is -0.245. The van der Waals surface area contributed by atoms with Crippen LogP contribution in [0, 0.1) is 5.82 Å². The first-order valence-corrected chi connectivity index (χ1v) is 7.27. The number of aromatic nitrogens is 1. The quantitative estimate of drug-likeness (QED) is 0.878. The summed E-state index contributed by atoms with van der Waals surface area (Å²) in [5.41, 5.74) is 8.50. The van der Waals surface area contributed by atoms with E-state index in [1.807, 2.05) is 6.92 Å². The zero-order chi connectivity index (χ0) is 14.5. The van der Waals surface area contributed by atoms with Crippen LogP contribution in [0.2, 0.25) is 0 Å². The first-order chi connectivity index (χ1) is 9.61. The van der Waals surface area contributed by atoms with Gasteiger partial charge in [-0.05, 0) is 48.4 Å². The third kappa shape index (κ3) is 3.55. The van der Waals surface area contributed by atoms with Gasteiger partial charge in [0.15, 0.2) is 0 Å². The Morgan fingerprint density at radius 2 is 2.20 bits per heavy atom. The summed E-state index contributed by atoms with van der Waals surface area (Å²) >= 11 is 3.48. The van der Waals surface area contributed by atoms with Crippen LogP contribution in [-0.4, -0.2) is 11.5 Å². The van der Waals surface area contributed by atoms with Crippen molar-refractivity contribution in [3.63, 3.8) is 0 Å². The van der Waals surface area contributed by atoms with E-state index in [1.165, 1.54) is 6.07 Å². The smallest absolute Gasteiger partial charge is 0.123 e. The minimum atomic E-state index is -0.245. The summed E-state index contributed by atoms with van der Waals surface area (Å²) < 4.78 is 14.4. The average Bonchev–Trinajstić information content (AvgIpc) is 2.43. The lowest BCUT2D eigenvalue weighted by molar-refractivity contribution is 0.540. The maximum absolute atomic E-state index is 13.5. The van der Waals surface area contributed by atoms with Gasteiger partial charge in [0.05, 0.1) is 0 Å². The van der Waals surface area contributed by atoms with Crippen LogP contribution in [-0.2, 0) is 6.42 Å². The lowest BCUT2D eigenvalue weighted by Crippen LogP contribution is -2.24. The molecule has 0 radical (unpaired) electrons. The minimum Gasteiger partial charge on any atom is -0.398 e. The highest BCUT2D eigenvalue weighted by Crippen LogP contribution is 2.28. The molecule has 1 aromatic heterocycles. The summed E-state index contributed by atoms with van der Waals surface area (Å²) in [7, 11) is 0.